The lowest BCUT2D eigenvalue weighted by Gasteiger charge is -2.25. The van der Waals surface area contributed by atoms with Gasteiger partial charge in [-0.2, -0.15) is 0 Å². The van der Waals surface area contributed by atoms with Gasteiger partial charge in [0, 0.05) is 33.5 Å². The van der Waals surface area contributed by atoms with Crippen LogP contribution in [0.1, 0.15) is 0 Å². The molecule has 0 heterocycles. The van der Waals surface area contributed by atoms with Gasteiger partial charge >= 0.3 is 0 Å². The predicted molar refractivity (Wildman–Crippen MR) is 174 cm³/mol. The largest absolute Gasteiger partial charge is 0.355 e. The van der Waals surface area contributed by atoms with Crippen LogP contribution in [0, 0.1) is 0 Å². The highest BCUT2D eigenvalue weighted by molar-refractivity contribution is 8.19. The Morgan fingerprint density at radius 2 is 0.762 bits per heavy atom. The maximum absolute atomic E-state index is 10.4. The number of nitrogens with one attached hydrogen (secondary N) is 2. The normalized spacial score (nSPS) is 12.8. The first kappa shape index (κ1) is 28.0. The van der Waals surface area contributed by atoms with E-state index in [0.717, 1.165) is 11.4 Å². The lowest BCUT2D eigenvalue weighted by atomic mass is 9.92. The molecule has 6 aromatic rings. The van der Waals surface area contributed by atoms with Crippen molar-refractivity contribution < 1.29 is 27.3 Å². The van der Waals surface area contributed by atoms with Gasteiger partial charge < -0.3 is 38.0 Å². The highest BCUT2D eigenvalue weighted by Crippen LogP contribution is 2.53. The summed E-state index contributed by atoms with van der Waals surface area (Å²) in [5.74, 6) is 0. The minimum atomic E-state index is -4.10. The molecule has 0 fully saturated rings. The summed E-state index contributed by atoms with van der Waals surface area (Å²) in [4.78, 5) is -0.0608. The molecule has 42 heavy (non-hydrogen) atoms. The molecule has 0 aliphatic rings. The first-order valence-corrected chi connectivity index (χ1v) is 15.9. The number of fused-ring (bicyclic) bond motifs is 2. The lowest BCUT2D eigenvalue weighted by molar-refractivity contribution is 0.375. The van der Waals surface area contributed by atoms with Crippen LogP contribution >= 0.6 is 21.7 Å². The summed E-state index contributed by atoms with van der Waals surface area (Å²) < 4.78 is 62.3. The zero-order chi connectivity index (χ0) is 29.5. The molecule has 0 radical (unpaired) electrons. The molecule has 8 nitrogen and oxygen atoms in total. The molecule has 10 heteroatoms. The quantitative estimate of drug-likeness (QED) is 0.0903. The van der Waals surface area contributed by atoms with Gasteiger partial charge in [0.05, 0.1) is 9.79 Å². The number of rotatable bonds is 7. The van der Waals surface area contributed by atoms with E-state index in [1.165, 1.54) is 12.1 Å². The Balaban J connectivity index is 1.63. The third kappa shape index (κ3) is 5.41. The zero-order valence-electron chi connectivity index (χ0n) is 22.0. The maximum atomic E-state index is 10.4. The van der Waals surface area contributed by atoms with E-state index >= 15 is 0 Å². The van der Waals surface area contributed by atoms with Crippen LogP contribution in [0.15, 0.2) is 131 Å². The molecule has 8 N–H and O–H groups in total. The Hall–Kier alpha value is -4.10. The fourth-order valence-corrected chi connectivity index (χ4v) is 6.74. The highest BCUT2D eigenvalue weighted by atomic mass is 32.3. The number of hydrogen-bond donors (Lipinski definition) is 8. The van der Waals surface area contributed by atoms with E-state index < -0.39 is 21.7 Å². The van der Waals surface area contributed by atoms with Crippen LogP contribution in [-0.2, 0) is 0 Å². The van der Waals surface area contributed by atoms with E-state index in [0.29, 0.717) is 44.0 Å². The van der Waals surface area contributed by atoms with E-state index in [9.17, 15) is 27.3 Å². The number of para-hydroxylation sites is 2. The van der Waals surface area contributed by atoms with E-state index in [-0.39, 0.29) is 9.79 Å². The van der Waals surface area contributed by atoms with Crippen molar-refractivity contribution in [1.29, 1.82) is 0 Å². The minimum Gasteiger partial charge on any atom is -0.355 e. The lowest BCUT2D eigenvalue weighted by Crippen LogP contribution is -2.02. The molecule has 0 amide bonds. The monoisotopic (exact) mass is 600 g/mol. The van der Waals surface area contributed by atoms with Gasteiger partial charge in [-0.25, -0.2) is 0 Å². The Bertz CT molecular complexity index is 1770. The Morgan fingerprint density at radius 3 is 1.12 bits per heavy atom. The summed E-state index contributed by atoms with van der Waals surface area (Å²) >= 11 is 0. The standard InChI is InChI=1S/C32H28N2O6S2/c35-41(36,37)29-15-7-13-25-23(17-19-27(31(25)29)33-21-9-3-1-4-10-21)24-18-20-28(34-22-11-5-2-6-12-22)32-26(24)14-8-16-30(32)42(38,39)40/h1-20,33-40H. The first-order valence-electron chi connectivity index (χ1n) is 12.9. The van der Waals surface area contributed by atoms with Gasteiger partial charge in [-0.05, 0) is 70.4 Å². The average Bonchev–Trinajstić information content (AvgIpc) is 2.97. The molecule has 0 unspecified atom stereocenters. The average molecular weight is 601 g/mol. The second kappa shape index (κ2) is 11.0. The number of benzene rings is 6. The Morgan fingerprint density at radius 1 is 0.381 bits per heavy atom. The molecule has 0 atom stereocenters. The number of hydrogen-bond acceptors (Lipinski definition) is 8. The summed E-state index contributed by atoms with van der Waals surface area (Å²) in [5.41, 5.74) is 4.04. The second-order valence-corrected chi connectivity index (χ2v) is 12.7. The van der Waals surface area contributed by atoms with Gasteiger partial charge in [0.25, 0.3) is 0 Å². The van der Waals surface area contributed by atoms with Crippen molar-refractivity contribution in [3.05, 3.63) is 121 Å². The molecule has 6 rings (SSSR count). The van der Waals surface area contributed by atoms with E-state index in [2.05, 4.69) is 10.6 Å². The maximum Gasteiger partial charge on any atom is 0.113 e. The van der Waals surface area contributed by atoms with Crippen molar-refractivity contribution in [3.63, 3.8) is 0 Å². The zero-order valence-corrected chi connectivity index (χ0v) is 23.7. The molecule has 0 saturated carbocycles. The molecule has 214 valence electrons. The summed E-state index contributed by atoms with van der Waals surface area (Å²) in [6, 6.07) is 36.0. The van der Waals surface area contributed by atoms with E-state index in [1.54, 1.807) is 24.3 Å². The fraction of sp³-hybridized carbons (Fsp3) is 0. The van der Waals surface area contributed by atoms with Gasteiger partial charge in [-0.1, -0.05) is 72.8 Å². The molecule has 0 saturated heterocycles. The van der Waals surface area contributed by atoms with Crippen molar-refractivity contribution in [2.24, 2.45) is 0 Å². The van der Waals surface area contributed by atoms with Gasteiger partial charge in [-0.15, -0.1) is 0 Å². The summed E-state index contributed by atoms with van der Waals surface area (Å²) in [5, 5.41) is 8.71. The minimum absolute atomic E-state index is 0.0304. The van der Waals surface area contributed by atoms with Crippen LogP contribution in [0.3, 0.4) is 0 Å². The van der Waals surface area contributed by atoms with Crippen molar-refractivity contribution in [2.45, 2.75) is 9.79 Å². The second-order valence-electron chi connectivity index (χ2n) is 9.70. The molecule has 6 aromatic carbocycles. The molecule has 0 aromatic heterocycles. The Kier molecular flexibility index (Phi) is 7.31. The third-order valence-corrected chi connectivity index (χ3v) is 8.85. The smallest absolute Gasteiger partial charge is 0.113 e. The molecule has 0 spiro atoms. The van der Waals surface area contributed by atoms with Crippen LogP contribution in [0.4, 0.5) is 22.7 Å². The van der Waals surface area contributed by atoms with Crippen molar-refractivity contribution in [3.8, 4) is 11.1 Å². The topological polar surface area (TPSA) is 145 Å². The molecular weight excluding hydrogens is 572 g/mol. The van der Waals surface area contributed by atoms with Crippen molar-refractivity contribution in [1.82, 2.24) is 0 Å². The van der Waals surface area contributed by atoms with Gasteiger partial charge in [0.2, 0.25) is 0 Å². The van der Waals surface area contributed by atoms with Crippen LogP contribution in [0.25, 0.3) is 32.7 Å². The predicted octanol–water partition coefficient (Wildman–Crippen LogP) is 10.3. The number of anilines is 4. The summed E-state index contributed by atoms with van der Waals surface area (Å²) in [7, 11) is -8.20. The Labute approximate surface area is 245 Å². The first-order chi connectivity index (χ1) is 20.1. The van der Waals surface area contributed by atoms with Crippen LogP contribution in [-0.4, -0.2) is 27.3 Å². The summed E-state index contributed by atoms with van der Waals surface area (Å²) in [6.07, 6.45) is 0. The molecule has 0 aliphatic carbocycles. The van der Waals surface area contributed by atoms with Crippen LogP contribution in [0.2, 0.25) is 0 Å². The van der Waals surface area contributed by atoms with E-state index in [4.69, 9.17) is 0 Å². The van der Waals surface area contributed by atoms with Crippen LogP contribution in [0.5, 0.6) is 0 Å². The molecule has 0 bridgehead atoms. The van der Waals surface area contributed by atoms with Gasteiger partial charge in [0.1, 0.15) is 21.7 Å². The van der Waals surface area contributed by atoms with Gasteiger partial charge in [-0.3, -0.25) is 0 Å². The fourth-order valence-electron chi connectivity index (χ4n) is 5.23. The highest BCUT2D eigenvalue weighted by Gasteiger charge is 2.25. The van der Waals surface area contributed by atoms with Gasteiger partial charge in [0.15, 0.2) is 0 Å². The van der Waals surface area contributed by atoms with Crippen molar-refractivity contribution in [2.75, 3.05) is 10.6 Å². The molecular formula is C32H28N2O6S2. The molecule has 0 aliphatic heterocycles. The van der Waals surface area contributed by atoms with E-state index in [1.807, 2.05) is 84.9 Å². The third-order valence-electron chi connectivity index (χ3n) is 6.99. The van der Waals surface area contributed by atoms with Crippen molar-refractivity contribution >= 4 is 66.0 Å². The summed E-state index contributed by atoms with van der Waals surface area (Å²) in [6.45, 7) is 0. The van der Waals surface area contributed by atoms with Crippen LogP contribution < -0.4 is 10.6 Å². The SMILES string of the molecule is OS(O)(O)c1cccc2c(-c3ccc(Nc4ccccc4)c4c(S(O)(O)O)cccc34)ccc(Nc3ccccc3)c12.